The van der Waals surface area contributed by atoms with E-state index < -0.39 is 0 Å². The Kier molecular flexibility index (Phi) is 4.57. The third-order valence-corrected chi connectivity index (χ3v) is 6.62. The molecule has 140 valence electrons. The summed E-state index contributed by atoms with van der Waals surface area (Å²) < 4.78 is 0. The molecule has 2 aromatic carbocycles. The van der Waals surface area contributed by atoms with Crippen molar-refractivity contribution in [2.75, 3.05) is 18.0 Å². The molecule has 0 saturated carbocycles. The second-order valence-corrected chi connectivity index (χ2v) is 8.63. The predicted molar refractivity (Wildman–Crippen MR) is 119 cm³/mol. The maximum atomic E-state index is 5.05. The fourth-order valence-corrected chi connectivity index (χ4v) is 4.86. The average molecular weight is 386 g/mol. The minimum absolute atomic E-state index is 0.796. The van der Waals surface area contributed by atoms with E-state index in [0.717, 1.165) is 41.0 Å². The normalized spacial score (nSPS) is 15.2. The molecule has 3 heterocycles. The van der Waals surface area contributed by atoms with Gasteiger partial charge in [-0.05, 0) is 30.4 Å². The van der Waals surface area contributed by atoms with E-state index in [1.165, 1.54) is 28.7 Å². The number of benzene rings is 2. The summed E-state index contributed by atoms with van der Waals surface area (Å²) in [6.45, 7) is 4.48. The zero-order valence-electron chi connectivity index (χ0n) is 16.0. The second-order valence-electron chi connectivity index (χ2n) is 7.60. The van der Waals surface area contributed by atoms with E-state index in [4.69, 9.17) is 9.97 Å². The average Bonchev–Trinajstić information content (AvgIpc) is 3.19. The molecule has 4 aromatic rings. The number of piperidine rings is 1. The minimum Gasteiger partial charge on any atom is -0.356 e. The van der Waals surface area contributed by atoms with Crippen LogP contribution in [0.2, 0.25) is 0 Å². The number of anilines is 1. The smallest absolute Gasteiger partial charge is 0.163 e. The quantitative estimate of drug-likeness (QED) is 0.417. The van der Waals surface area contributed by atoms with Gasteiger partial charge < -0.3 is 4.90 Å². The third-order valence-electron chi connectivity index (χ3n) is 5.55. The monoisotopic (exact) mass is 385 g/mol. The van der Waals surface area contributed by atoms with E-state index in [0.29, 0.717) is 0 Å². The van der Waals surface area contributed by atoms with Gasteiger partial charge in [-0.2, -0.15) is 0 Å². The fraction of sp³-hybridized carbons (Fsp3) is 0.250. The molecule has 1 saturated heterocycles. The van der Waals surface area contributed by atoms with E-state index in [9.17, 15) is 0 Å². The third kappa shape index (κ3) is 3.29. The van der Waals surface area contributed by atoms with Gasteiger partial charge in [-0.1, -0.05) is 67.6 Å². The summed E-state index contributed by atoms with van der Waals surface area (Å²) in [6, 6.07) is 23.2. The Morgan fingerprint density at radius 1 is 0.857 bits per heavy atom. The Balaban J connectivity index is 1.67. The van der Waals surface area contributed by atoms with Gasteiger partial charge in [0.1, 0.15) is 10.6 Å². The molecular formula is C24H23N3S. The summed E-state index contributed by atoms with van der Waals surface area (Å²) >= 11 is 1.76. The number of rotatable bonds is 3. The van der Waals surface area contributed by atoms with Crippen molar-refractivity contribution < 1.29 is 0 Å². The van der Waals surface area contributed by atoms with Crippen LogP contribution in [-0.4, -0.2) is 23.1 Å². The van der Waals surface area contributed by atoms with Crippen molar-refractivity contribution in [2.45, 2.75) is 19.8 Å². The molecule has 4 heteroatoms. The van der Waals surface area contributed by atoms with E-state index in [2.05, 4.69) is 72.5 Å². The molecule has 1 aliphatic rings. The summed E-state index contributed by atoms with van der Waals surface area (Å²) in [5.41, 5.74) is 2.32. The lowest BCUT2D eigenvalue weighted by Gasteiger charge is -2.31. The van der Waals surface area contributed by atoms with Crippen LogP contribution in [0.15, 0.2) is 66.7 Å². The zero-order valence-corrected chi connectivity index (χ0v) is 16.8. The van der Waals surface area contributed by atoms with E-state index in [1.54, 1.807) is 11.3 Å². The maximum Gasteiger partial charge on any atom is 0.163 e. The van der Waals surface area contributed by atoms with Crippen LogP contribution in [0, 0.1) is 5.92 Å². The van der Waals surface area contributed by atoms with Gasteiger partial charge >= 0.3 is 0 Å². The molecule has 5 rings (SSSR count). The number of fused-ring (bicyclic) bond motifs is 1. The predicted octanol–water partition coefficient (Wildman–Crippen LogP) is 6.26. The van der Waals surface area contributed by atoms with E-state index in [-0.39, 0.29) is 0 Å². The van der Waals surface area contributed by atoms with Crippen LogP contribution in [0.3, 0.4) is 0 Å². The van der Waals surface area contributed by atoms with Gasteiger partial charge in [-0.3, -0.25) is 0 Å². The molecule has 3 nitrogen and oxygen atoms in total. The zero-order chi connectivity index (χ0) is 18.9. The number of hydrogen-bond acceptors (Lipinski definition) is 4. The lowest BCUT2D eigenvalue weighted by molar-refractivity contribution is 0.437. The van der Waals surface area contributed by atoms with Crippen molar-refractivity contribution in [3.8, 4) is 21.8 Å². The largest absolute Gasteiger partial charge is 0.356 e. The SMILES string of the molecule is CC1CCN(c2nc(-c3ccccc3)nc3sc(-c4ccccc4)cc23)CC1. The summed E-state index contributed by atoms with van der Waals surface area (Å²) in [7, 11) is 0. The van der Waals surface area contributed by atoms with Crippen LogP contribution in [0.4, 0.5) is 5.82 Å². The van der Waals surface area contributed by atoms with Gasteiger partial charge in [-0.15, -0.1) is 11.3 Å². The molecule has 0 amide bonds. The summed E-state index contributed by atoms with van der Waals surface area (Å²) in [6.07, 6.45) is 2.45. The van der Waals surface area contributed by atoms with Gasteiger partial charge in [-0.25, -0.2) is 9.97 Å². The highest BCUT2D eigenvalue weighted by atomic mass is 32.1. The Morgan fingerprint density at radius 2 is 1.50 bits per heavy atom. The number of nitrogens with zero attached hydrogens (tertiary/aromatic N) is 3. The van der Waals surface area contributed by atoms with Crippen molar-refractivity contribution in [1.29, 1.82) is 0 Å². The molecule has 0 radical (unpaired) electrons. The van der Waals surface area contributed by atoms with Gasteiger partial charge in [0.15, 0.2) is 5.82 Å². The molecule has 0 atom stereocenters. The topological polar surface area (TPSA) is 29.0 Å². The maximum absolute atomic E-state index is 5.05. The van der Waals surface area contributed by atoms with E-state index in [1.807, 2.05) is 6.07 Å². The standard InChI is InChI=1S/C24H23N3S/c1-17-12-14-27(15-13-17)23-20-16-21(18-8-4-2-5-9-18)28-24(20)26-22(25-23)19-10-6-3-7-11-19/h2-11,16-17H,12-15H2,1H3. The first-order valence-corrected chi connectivity index (χ1v) is 10.8. The fourth-order valence-electron chi connectivity index (χ4n) is 3.83. The number of thiophene rings is 1. The van der Waals surface area contributed by atoms with Crippen molar-refractivity contribution in [3.63, 3.8) is 0 Å². The Hall–Kier alpha value is -2.72. The molecule has 0 bridgehead atoms. The first kappa shape index (κ1) is 17.4. The first-order chi connectivity index (χ1) is 13.8. The van der Waals surface area contributed by atoms with Crippen molar-refractivity contribution in [2.24, 2.45) is 5.92 Å². The molecule has 0 aliphatic carbocycles. The van der Waals surface area contributed by atoms with Crippen LogP contribution in [0.5, 0.6) is 0 Å². The van der Waals surface area contributed by atoms with Gasteiger partial charge in [0.2, 0.25) is 0 Å². The Morgan fingerprint density at radius 3 is 2.18 bits per heavy atom. The van der Waals surface area contributed by atoms with Crippen molar-refractivity contribution in [3.05, 3.63) is 66.7 Å². The van der Waals surface area contributed by atoms with Gasteiger partial charge in [0, 0.05) is 23.5 Å². The molecule has 1 fully saturated rings. The van der Waals surface area contributed by atoms with E-state index >= 15 is 0 Å². The molecule has 0 N–H and O–H groups in total. The molecule has 28 heavy (non-hydrogen) atoms. The molecular weight excluding hydrogens is 362 g/mol. The molecule has 1 aliphatic heterocycles. The number of aromatic nitrogens is 2. The van der Waals surface area contributed by atoms with Crippen molar-refractivity contribution in [1.82, 2.24) is 9.97 Å². The highest BCUT2D eigenvalue weighted by Gasteiger charge is 2.22. The minimum atomic E-state index is 0.796. The van der Waals surface area contributed by atoms with Gasteiger partial charge in [0.25, 0.3) is 0 Å². The van der Waals surface area contributed by atoms with Gasteiger partial charge in [0.05, 0.1) is 5.39 Å². The van der Waals surface area contributed by atoms with Crippen LogP contribution >= 0.6 is 11.3 Å². The van der Waals surface area contributed by atoms with Crippen LogP contribution in [0.25, 0.3) is 32.0 Å². The van der Waals surface area contributed by atoms with Crippen LogP contribution in [0.1, 0.15) is 19.8 Å². The van der Waals surface area contributed by atoms with Crippen molar-refractivity contribution >= 4 is 27.4 Å². The first-order valence-electron chi connectivity index (χ1n) is 9.95. The van der Waals surface area contributed by atoms with Crippen LogP contribution < -0.4 is 4.90 Å². The molecule has 0 unspecified atom stereocenters. The Bertz CT molecular complexity index is 1080. The molecule has 0 spiro atoms. The lowest BCUT2D eigenvalue weighted by atomic mass is 9.99. The highest BCUT2D eigenvalue weighted by molar-refractivity contribution is 7.22. The second kappa shape index (κ2) is 7.36. The summed E-state index contributed by atoms with van der Waals surface area (Å²) in [5.74, 6) is 2.71. The highest BCUT2D eigenvalue weighted by Crippen LogP contribution is 2.38. The molecule has 2 aromatic heterocycles. The lowest BCUT2D eigenvalue weighted by Crippen LogP contribution is -2.33. The van der Waals surface area contributed by atoms with Crippen LogP contribution in [-0.2, 0) is 0 Å². The summed E-state index contributed by atoms with van der Waals surface area (Å²) in [5, 5.41) is 1.18. The Labute approximate surface area is 169 Å². The summed E-state index contributed by atoms with van der Waals surface area (Å²) in [4.78, 5) is 14.8. The number of hydrogen-bond donors (Lipinski definition) is 0.